The fourth-order valence-corrected chi connectivity index (χ4v) is 5.71. The Kier molecular flexibility index (Phi) is 5.98. The molecule has 0 saturated carbocycles. The summed E-state index contributed by atoms with van der Waals surface area (Å²) < 4.78 is 21.7. The standard InChI is InChI=1S/C27H26N2O5S/c1-5-34-27(30)25-23(28)22-21(15-7-11-19(32-3)20(13-15)33-4)18-9-6-14-12-16(31-2)8-10-17(14)24(18)29-26(22)35-25/h7-8,10-13H,5-6,9,28H2,1-4H3. The first kappa shape index (κ1) is 23.0. The summed E-state index contributed by atoms with van der Waals surface area (Å²) in [5.74, 6) is 1.63. The fraction of sp³-hybridized carbons (Fsp3) is 0.259. The van der Waals surface area contributed by atoms with Crippen LogP contribution in [0.25, 0.3) is 32.6 Å². The predicted molar refractivity (Wildman–Crippen MR) is 138 cm³/mol. The SMILES string of the molecule is CCOC(=O)c1sc2nc3c(c(-c4ccc(OC)c(OC)c4)c2c1N)CCc1cc(OC)ccc1-3. The minimum Gasteiger partial charge on any atom is -0.497 e. The van der Waals surface area contributed by atoms with Crippen LogP contribution in [0.2, 0.25) is 0 Å². The molecule has 2 aromatic carbocycles. The van der Waals surface area contributed by atoms with Crippen molar-refractivity contribution < 1.29 is 23.7 Å². The Bertz CT molecular complexity index is 1460. The molecule has 2 heterocycles. The Balaban J connectivity index is 1.84. The average molecular weight is 491 g/mol. The first-order valence-electron chi connectivity index (χ1n) is 11.3. The van der Waals surface area contributed by atoms with Crippen LogP contribution in [0.4, 0.5) is 5.69 Å². The van der Waals surface area contributed by atoms with E-state index in [1.165, 1.54) is 16.9 Å². The molecule has 1 aliphatic carbocycles. The zero-order valence-electron chi connectivity index (χ0n) is 20.1. The molecule has 0 bridgehead atoms. The maximum absolute atomic E-state index is 12.7. The van der Waals surface area contributed by atoms with Gasteiger partial charge in [0.25, 0.3) is 0 Å². The Hall–Kier alpha value is -3.78. The van der Waals surface area contributed by atoms with E-state index in [2.05, 4.69) is 6.07 Å². The van der Waals surface area contributed by atoms with Gasteiger partial charge in [0.1, 0.15) is 15.5 Å². The molecule has 2 N–H and O–H groups in total. The van der Waals surface area contributed by atoms with Gasteiger partial charge in [0.2, 0.25) is 0 Å². The zero-order chi connectivity index (χ0) is 24.7. The number of rotatable bonds is 6. The molecule has 0 aliphatic heterocycles. The molecule has 5 rings (SSSR count). The van der Waals surface area contributed by atoms with Crippen LogP contribution in [0.3, 0.4) is 0 Å². The van der Waals surface area contributed by atoms with Crippen LogP contribution in [-0.4, -0.2) is 38.9 Å². The summed E-state index contributed by atoms with van der Waals surface area (Å²) in [6.45, 7) is 2.05. The molecule has 0 unspecified atom stereocenters. The lowest BCUT2D eigenvalue weighted by molar-refractivity contribution is 0.0533. The maximum Gasteiger partial charge on any atom is 0.350 e. The summed E-state index contributed by atoms with van der Waals surface area (Å²) in [7, 11) is 4.89. The van der Waals surface area contributed by atoms with Gasteiger partial charge in [-0.25, -0.2) is 9.78 Å². The summed E-state index contributed by atoms with van der Waals surface area (Å²) in [6.07, 6.45) is 1.61. The molecule has 35 heavy (non-hydrogen) atoms. The molecule has 8 heteroatoms. The van der Waals surface area contributed by atoms with Gasteiger partial charge in [-0.05, 0) is 72.4 Å². The highest BCUT2D eigenvalue weighted by atomic mass is 32.1. The summed E-state index contributed by atoms with van der Waals surface area (Å²) in [6, 6.07) is 11.9. The van der Waals surface area contributed by atoms with Crippen LogP contribution in [0.5, 0.6) is 17.2 Å². The number of benzene rings is 2. The smallest absolute Gasteiger partial charge is 0.350 e. The number of aryl methyl sites for hydroxylation is 1. The molecular weight excluding hydrogens is 464 g/mol. The first-order chi connectivity index (χ1) is 17.0. The third kappa shape index (κ3) is 3.74. The molecule has 0 saturated heterocycles. The van der Waals surface area contributed by atoms with Crippen LogP contribution >= 0.6 is 11.3 Å². The molecule has 1 aliphatic rings. The number of nitrogens with two attached hydrogens (primary N) is 1. The van der Waals surface area contributed by atoms with Crippen LogP contribution in [0.15, 0.2) is 36.4 Å². The number of nitrogens with zero attached hydrogens (tertiary/aromatic N) is 1. The Morgan fingerprint density at radius 2 is 1.83 bits per heavy atom. The van der Waals surface area contributed by atoms with Gasteiger partial charge in [-0.1, -0.05) is 6.07 Å². The molecule has 0 radical (unpaired) electrons. The van der Waals surface area contributed by atoms with Gasteiger partial charge >= 0.3 is 5.97 Å². The molecule has 7 nitrogen and oxygen atoms in total. The van der Waals surface area contributed by atoms with E-state index >= 15 is 0 Å². The van der Waals surface area contributed by atoms with Gasteiger partial charge in [-0.2, -0.15) is 0 Å². The van der Waals surface area contributed by atoms with Crippen molar-refractivity contribution in [3.8, 4) is 39.6 Å². The molecule has 2 aromatic heterocycles. The number of hydrogen-bond acceptors (Lipinski definition) is 8. The van der Waals surface area contributed by atoms with Crippen LogP contribution < -0.4 is 19.9 Å². The summed E-state index contributed by atoms with van der Waals surface area (Å²) in [4.78, 5) is 18.8. The molecule has 0 amide bonds. The Labute approximate surface area is 207 Å². The minimum atomic E-state index is -0.436. The second kappa shape index (κ2) is 9.11. The third-order valence-electron chi connectivity index (χ3n) is 6.32. The average Bonchev–Trinajstić information content (AvgIpc) is 3.22. The molecule has 0 fully saturated rings. The van der Waals surface area contributed by atoms with E-state index in [1.54, 1.807) is 28.3 Å². The number of thiophene rings is 1. The summed E-state index contributed by atoms with van der Waals surface area (Å²) in [5.41, 5.74) is 13.1. The third-order valence-corrected chi connectivity index (χ3v) is 7.40. The van der Waals surface area contributed by atoms with Gasteiger partial charge in [0.05, 0.1) is 39.3 Å². The van der Waals surface area contributed by atoms with E-state index in [1.807, 2.05) is 30.3 Å². The fourth-order valence-electron chi connectivity index (χ4n) is 4.71. The highest BCUT2D eigenvalue weighted by Crippen LogP contribution is 2.48. The maximum atomic E-state index is 12.7. The van der Waals surface area contributed by atoms with Crippen molar-refractivity contribution in [2.75, 3.05) is 33.7 Å². The van der Waals surface area contributed by atoms with Gasteiger partial charge in [0, 0.05) is 10.9 Å². The van der Waals surface area contributed by atoms with Crippen molar-refractivity contribution in [2.24, 2.45) is 0 Å². The van der Waals surface area contributed by atoms with E-state index in [0.717, 1.165) is 51.9 Å². The predicted octanol–water partition coefficient (Wildman–Crippen LogP) is 5.51. The van der Waals surface area contributed by atoms with Crippen LogP contribution in [-0.2, 0) is 17.6 Å². The van der Waals surface area contributed by atoms with Gasteiger partial charge in [0.15, 0.2) is 11.5 Å². The largest absolute Gasteiger partial charge is 0.497 e. The minimum absolute atomic E-state index is 0.272. The number of carbonyl (C=O) groups is 1. The lowest BCUT2D eigenvalue weighted by Crippen LogP contribution is -2.09. The number of fused-ring (bicyclic) bond motifs is 4. The molecular formula is C27H26N2O5S. The molecule has 4 aromatic rings. The van der Waals surface area contributed by atoms with E-state index in [-0.39, 0.29) is 6.61 Å². The normalized spacial score (nSPS) is 12.1. The zero-order valence-corrected chi connectivity index (χ0v) is 20.9. The number of carbonyl (C=O) groups excluding carboxylic acids is 1. The lowest BCUT2D eigenvalue weighted by Gasteiger charge is -2.23. The Morgan fingerprint density at radius 3 is 2.54 bits per heavy atom. The number of methoxy groups -OCH3 is 3. The van der Waals surface area contributed by atoms with Crippen molar-refractivity contribution in [3.05, 3.63) is 52.4 Å². The van der Waals surface area contributed by atoms with Crippen molar-refractivity contribution in [1.82, 2.24) is 4.98 Å². The monoisotopic (exact) mass is 490 g/mol. The van der Waals surface area contributed by atoms with Crippen LogP contribution in [0.1, 0.15) is 27.7 Å². The van der Waals surface area contributed by atoms with Crippen molar-refractivity contribution in [2.45, 2.75) is 19.8 Å². The van der Waals surface area contributed by atoms with Gasteiger partial charge < -0.3 is 24.7 Å². The van der Waals surface area contributed by atoms with Crippen molar-refractivity contribution in [1.29, 1.82) is 0 Å². The van der Waals surface area contributed by atoms with E-state index in [0.29, 0.717) is 26.9 Å². The number of pyridine rings is 1. The molecule has 0 atom stereocenters. The lowest BCUT2D eigenvalue weighted by atomic mass is 9.83. The number of aromatic nitrogens is 1. The highest BCUT2D eigenvalue weighted by Gasteiger charge is 2.29. The van der Waals surface area contributed by atoms with Crippen molar-refractivity contribution in [3.63, 3.8) is 0 Å². The summed E-state index contributed by atoms with van der Waals surface area (Å²) >= 11 is 1.26. The Morgan fingerprint density at radius 1 is 1.03 bits per heavy atom. The molecule has 180 valence electrons. The number of ether oxygens (including phenoxy) is 4. The highest BCUT2D eigenvalue weighted by molar-refractivity contribution is 7.21. The van der Waals surface area contributed by atoms with E-state index < -0.39 is 5.97 Å². The van der Waals surface area contributed by atoms with E-state index in [4.69, 9.17) is 29.7 Å². The van der Waals surface area contributed by atoms with Gasteiger partial charge in [-0.3, -0.25) is 0 Å². The second-order valence-electron chi connectivity index (χ2n) is 8.15. The van der Waals surface area contributed by atoms with Crippen LogP contribution in [0, 0.1) is 0 Å². The number of esters is 1. The number of anilines is 1. The number of nitrogen functional groups attached to an aromatic ring is 1. The second-order valence-corrected chi connectivity index (χ2v) is 9.15. The quantitative estimate of drug-likeness (QED) is 0.356. The topological polar surface area (TPSA) is 92.9 Å². The first-order valence-corrected chi connectivity index (χ1v) is 12.1. The van der Waals surface area contributed by atoms with Gasteiger partial charge in [-0.15, -0.1) is 11.3 Å². The number of hydrogen-bond donors (Lipinski definition) is 1. The summed E-state index contributed by atoms with van der Waals surface area (Å²) in [5, 5.41) is 0.765. The molecule has 0 spiro atoms. The van der Waals surface area contributed by atoms with E-state index in [9.17, 15) is 4.79 Å². The van der Waals surface area contributed by atoms with Crippen molar-refractivity contribution >= 4 is 33.2 Å².